The Bertz CT molecular complexity index is 433. The average molecular weight is 273 g/mol. The van der Waals surface area contributed by atoms with Gasteiger partial charge in [-0.05, 0) is 0 Å². The summed E-state index contributed by atoms with van der Waals surface area (Å²) in [5.41, 5.74) is -1.23. The number of ether oxygens (including phenoxy) is 1. The minimum Gasteiger partial charge on any atom is -0.386 e. The highest BCUT2D eigenvalue weighted by Crippen LogP contribution is 2.17. The van der Waals surface area contributed by atoms with Crippen LogP contribution in [-0.2, 0) is 24.6 Å². The highest BCUT2D eigenvalue weighted by atomic mass is 32.3. The van der Waals surface area contributed by atoms with Gasteiger partial charge in [-0.15, -0.1) is 0 Å². The van der Waals surface area contributed by atoms with Gasteiger partial charge in [-0.2, -0.15) is 0 Å². The smallest absolute Gasteiger partial charge is 0.226 e. The molecule has 2 N–H and O–H groups in total. The summed E-state index contributed by atoms with van der Waals surface area (Å²) in [4.78, 5) is 0. The van der Waals surface area contributed by atoms with Crippen molar-refractivity contribution >= 4 is 19.9 Å². The number of hydrogen-bond acceptors (Lipinski definition) is 6. The molecule has 96 valence electrons. The predicted molar refractivity (Wildman–Crippen MR) is 57.0 cm³/mol. The zero-order chi connectivity index (χ0) is 12.4. The molecular formula is C7H15NO6S2. The van der Waals surface area contributed by atoms with Gasteiger partial charge in [0.15, 0.2) is 14.9 Å². The van der Waals surface area contributed by atoms with E-state index < -0.39 is 30.5 Å². The molecule has 7 nitrogen and oxygen atoms in total. The molecular weight excluding hydrogens is 258 g/mol. The van der Waals surface area contributed by atoms with Crippen molar-refractivity contribution in [3.05, 3.63) is 0 Å². The molecule has 0 saturated carbocycles. The summed E-state index contributed by atoms with van der Waals surface area (Å²) in [7, 11) is -7.53. The molecule has 0 spiro atoms. The normalized spacial score (nSPS) is 27.1. The molecule has 0 radical (unpaired) electrons. The molecule has 0 bridgehead atoms. The lowest BCUT2D eigenvalue weighted by atomic mass is 10.1. The van der Waals surface area contributed by atoms with E-state index in [1.54, 1.807) is 0 Å². The third-order valence-corrected chi connectivity index (χ3v) is 5.61. The van der Waals surface area contributed by atoms with Gasteiger partial charge in [-0.1, -0.05) is 0 Å². The molecule has 1 saturated heterocycles. The lowest BCUT2D eigenvalue weighted by molar-refractivity contribution is 0.0315. The molecule has 0 aromatic rings. The predicted octanol–water partition coefficient (Wildman–Crippen LogP) is -1.94. The highest BCUT2D eigenvalue weighted by molar-refractivity contribution is 8.06. The molecule has 1 atom stereocenters. The fourth-order valence-corrected chi connectivity index (χ4v) is 4.38. The first-order valence-electron chi connectivity index (χ1n) is 4.57. The van der Waals surface area contributed by atoms with Gasteiger partial charge < -0.3 is 9.84 Å². The first-order chi connectivity index (χ1) is 7.12. The Kier molecular flexibility index (Phi) is 3.95. The molecule has 1 heterocycles. The van der Waals surface area contributed by atoms with Crippen LogP contribution in [0.2, 0.25) is 0 Å². The minimum atomic E-state index is -3.92. The van der Waals surface area contributed by atoms with Crippen LogP contribution in [0.3, 0.4) is 0 Å². The molecule has 1 unspecified atom stereocenters. The largest absolute Gasteiger partial charge is 0.386 e. The third-order valence-electron chi connectivity index (χ3n) is 2.07. The van der Waals surface area contributed by atoms with Crippen LogP contribution in [0, 0.1) is 0 Å². The van der Waals surface area contributed by atoms with E-state index >= 15 is 0 Å². The summed E-state index contributed by atoms with van der Waals surface area (Å²) in [6.45, 7) is 0.184. The van der Waals surface area contributed by atoms with Crippen molar-refractivity contribution in [3.63, 3.8) is 0 Å². The Hall–Kier alpha value is -0.220. The van der Waals surface area contributed by atoms with E-state index in [0.29, 0.717) is 13.0 Å². The van der Waals surface area contributed by atoms with Crippen molar-refractivity contribution in [1.29, 1.82) is 0 Å². The van der Waals surface area contributed by atoms with Crippen LogP contribution >= 0.6 is 0 Å². The van der Waals surface area contributed by atoms with E-state index in [4.69, 9.17) is 4.74 Å². The molecule has 0 aliphatic carbocycles. The number of rotatable bonds is 5. The Balaban J connectivity index is 2.54. The van der Waals surface area contributed by atoms with Gasteiger partial charge in [0.2, 0.25) is 10.0 Å². The lowest BCUT2D eigenvalue weighted by Crippen LogP contribution is -2.44. The maximum Gasteiger partial charge on any atom is 0.226 e. The van der Waals surface area contributed by atoms with Gasteiger partial charge in [0.25, 0.3) is 0 Å². The summed E-state index contributed by atoms with van der Waals surface area (Å²) in [5, 5.41) is 8.78. The van der Waals surface area contributed by atoms with E-state index in [9.17, 15) is 21.9 Å². The minimum absolute atomic E-state index is 0.0500. The van der Waals surface area contributed by atoms with Gasteiger partial charge >= 0.3 is 0 Å². The quantitative estimate of drug-likeness (QED) is 0.603. The second kappa shape index (κ2) is 4.57. The third kappa shape index (κ3) is 4.74. The van der Waals surface area contributed by atoms with E-state index in [-0.39, 0.29) is 13.2 Å². The maximum atomic E-state index is 11.3. The second-order valence-electron chi connectivity index (χ2n) is 4.01. The summed E-state index contributed by atoms with van der Waals surface area (Å²) < 4.78 is 51.2. The van der Waals surface area contributed by atoms with Crippen molar-refractivity contribution in [2.24, 2.45) is 0 Å². The molecule has 9 heteroatoms. The van der Waals surface area contributed by atoms with Gasteiger partial charge in [-0.25, -0.2) is 21.6 Å². The van der Waals surface area contributed by atoms with E-state index in [1.807, 2.05) is 0 Å². The average Bonchev–Trinajstić information content (AvgIpc) is 2.46. The molecule has 16 heavy (non-hydrogen) atoms. The number of sulfone groups is 1. The Morgan fingerprint density at radius 2 is 2.00 bits per heavy atom. The zero-order valence-corrected chi connectivity index (χ0v) is 10.5. The van der Waals surface area contributed by atoms with Crippen molar-refractivity contribution < 1.29 is 26.7 Å². The van der Waals surface area contributed by atoms with Crippen LogP contribution in [0.25, 0.3) is 0 Å². The number of hydrogen-bond donors (Lipinski definition) is 2. The molecule has 1 rings (SSSR count). The van der Waals surface area contributed by atoms with Gasteiger partial charge in [0, 0.05) is 25.8 Å². The Labute approximate surface area is 94.8 Å². The number of sulfonamides is 1. The fraction of sp³-hybridized carbons (Fsp3) is 1.00. The van der Waals surface area contributed by atoms with Crippen molar-refractivity contribution in [2.75, 3.05) is 31.1 Å². The standard InChI is InChI=1S/C7H15NO6S2/c1-15(10,11)6-16(12,13)8-4-7(9)2-3-14-5-7/h8-9H,2-6H2,1H3. The highest BCUT2D eigenvalue weighted by Gasteiger charge is 2.33. The Morgan fingerprint density at radius 1 is 1.38 bits per heavy atom. The number of nitrogens with one attached hydrogen (secondary N) is 1. The molecule has 1 fully saturated rings. The molecule has 1 aliphatic rings. The van der Waals surface area contributed by atoms with Crippen molar-refractivity contribution in [2.45, 2.75) is 12.0 Å². The monoisotopic (exact) mass is 273 g/mol. The van der Waals surface area contributed by atoms with Crippen molar-refractivity contribution in [3.8, 4) is 0 Å². The molecule has 0 amide bonds. The van der Waals surface area contributed by atoms with Crippen LogP contribution < -0.4 is 4.72 Å². The van der Waals surface area contributed by atoms with Crippen LogP contribution in [0.15, 0.2) is 0 Å². The Morgan fingerprint density at radius 3 is 2.44 bits per heavy atom. The van der Waals surface area contributed by atoms with Crippen LogP contribution in [0.5, 0.6) is 0 Å². The first kappa shape index (κ1) is 13.8. The topological polar surface area (TPSA) is 110 Å². The molecule has 0 aromatic heterocycles. The molecule has 0 aromatic carbocycles. The van der Waals surface area contributed by atoms with Gasteiger partial charge in [0.1, 0.15) is 5.60 Å². The summed E-state index contributed by atoms with van der Waals surface area (Å²) >= 11 is 0. The molecule has 1 aliphatic heterocycles. The maximum absolute atomic E-state index is 11.3. The summed E-state index contributed by atoms with van der Waals surface area (Å²) in [6, 6.07) is 0. The van der Waals surface area contributed by atoms with E-state index in [2.05, 4.69) is 4.72 Å². The summed E-state index contributed by atoms with van der Waals surface area (Å²) in [6.07, 6.45) is 1.16. The SMILES string of the molecule is CS(=O)(=O)CS(=O)(=O)NCC1(O)CCOC1. The fourth-order valence-electron chi connectivity index (χ4n) is 1.30. The van der Waals surface area contributed by atoms with E-state index in [0.717, 1.165) is 6.26 Å². The van der Waals surface area contributed by atoms with Crippen LogP contribution in [0.1, 0.15) is 6.42 Å². The number of aliphatic hydroxyl groups is 1. The first-order valence-corrected chi connectivity index (χ1v) is 8.28. The van der Waals surface area contributed by atoms with Gasteiger partial charge in [0.05, 0.1) is 6.61 Å². The van der Waals surface area contributed by atoms with Crippen LogP contribution in [0.4, 0.5) is 0 Å². The summed E-state index contributed by atoms with van der Waals surface area (Å²) in [5.74, 6) is 0. The lowest BCUT2D eigenvalue weighted by Gasteiger charge is -2.20. The van der Waals surface area contributed by atoms with E-state index in [1.165, 1.54) is 0 Å². The van der Waals surface area contributed by atoms with Gasteiger partial charge in [-0.3, -0.25) is 0 Å². The zero-order valence-electron chi connectivity index (χ0n) is 8.84. The van der Waals surface area contributed by atoms with Crippen LogP contribution in [-0.4, -0.2) is 58.6 Å². The van der Waals surface area contributed by atoms with Crippen molar-refractivity contribution in [1.82, 2.24) is 4.72 Å². The second-order valence-corrected chi connectivity index (χ2v) is 8.32.